The summed E-state index contributed by atoms with van der Waals surface area (Å²) in [6.45, 7) is 5.05. The molecule has 0 saturated carbocycles. The number of nitrogens with zero attached hydrogens (tertiary/aromatic N) is 2. The van der Waals surface area contributed by atoms with Crippen molar-refractivity contribution in [2.45, 2.75) is 12.1 Å². The Morgan fingerprint density at radius 2 is 1.88 bits per heavy atom. The van der Waals surface area contributed by atoms with Gasteiger partial charge in [0.25, 0.3) is 5.91 Å². The minimum atomic E-state index is -0.435. The summed E-state index contributed by atoms with van der Waals surface area (Å²) >= 11 is 7.37. The van der Waals surface area contributed by atoms with Crippen LogP contribution >= 0.6 is 23.4 Å². The van der Waals surface area contributed by atoms with Crippen molar-refractivity contribution >= 4 is 46.6 Å². The molecule has 124 valence electrons. The zero-order valence-corrected chi connectivity index (χ0v) is 14.4. The van der Waals surface area contributed by atoms with Crippen molar-refractivity contribution in [2.75, 3.05) is 16.4 Å². The lowest BCUT2D eigenvalue weighted by atomic mass is 10.2. The van der Waals surface area contributed by atoms with Gasteiger partial charge < -0.3 is 10.6 Å². The van der Waals surface area contributed by atoms with Gasteiger partial charge in [-0.25, -0.2) is 9.97 Å². The van der Waals surface area contributed by atoms with Crippen molar-refractivity contribution in [2.24, 2.45) is 0 Å². The number of nitrogens with one attached hydrogen (secondary N) is 2. The predicted molar refractivity (Wildman–Crippen MR) is 96.7 cm³/mol. The van der Waals surface area contributed by atoms with E-state index >= 15 is 0 Å². The van der Waals surface area contributed by atoms with Gasteiger partial charge in [0.05, 0.1) is 11.2 Å². The number of benzene rings is 1. The third-order valence-corrected chi connectivity index (χ3v) is 3.86. The average molecular weight is 363 g/mol. The standard InChI is InChI=1S/C16H15ClN4O2S/c1-3-8-24-16-18-9-13(17)14(21-16)15(23)20-12-6-4-11(5-7-12)19-10(2)22/h3-7,9H,1,8H2,2H3,(H,19,22)(H,20,23). The maximum Gasteiger partial charge on any atom is 0.275 e. The maximum atomic E-state index is 12.3. The minimum Gasteiger partial charge on any atom is -0.326 e. The number of halogens is 1. The van der Waals surface area contributed by atoms with Crippen LogP contribution in [0.15, 0.2) is 48.3 Å². The Morgan fingerprint density at radius 1 is 1.25 bits per heavy atom. The highest BCUT2D eigenvalue weighted by Gasteiger charge is 2.14. The fourth-order valence-corrected chi connectivity index (χ4v) is 2.47. The Morgan fingerprint density at radius 3 is 2.46 bits per heavy atom. The molecule has 24 heavy (non-hydrogen) atoms. The molecule has 0 unspecified atom stereocenters. The maximum absolute atomic E-state index is 12.3. The molecule has 1 aromatic heterocycles. The number of thioether (sulfide) groups is 1. The van der Waals surface area contributed by atoms with Gasteiger partial charge in [0, 0.05) is 24.1 Å². The van der Waals surface area contributed by atoms with Crippen LogP contribution in [0.4, 0.5) is 11.4 Å². The largest absolute Gasteiger partial charge is 0.326 e. The van der Waals surface area contributed by atoms with Gasteiger partial charge in [-0.05, 0) is 24.3 Å². The van der Waals surface area contributed by atoms with Gasteiger partial charge in [-0.3, -0.25) is 9.59 Å². The van der Waals surface area contributed by atoms with Gasteiger partial charge in [0.1, 0.15) is 0 Å². The van der Waals surface area contributed by atoms with Crippen molar-refractivity contribution in [3.8, 4) is 0 Å². The van der Waals surface area contributed by atoms with Gasteiger partial charge in [0.15, 0.2) is 10.9 Å². The Bertz CT molecular complexity index is 765. The second-order valence-corrected chi connectivity index (χ2v) is 6.06. The topological polar surface area (TPSA) is 84.0 Å². The summed E-state index contributed by atoms with van der Waals surface area (Å²) in [7, 11) is 0. The average Bonchev–Trinajstić information content (AvgIpc) is 2.55. The molecule has 0 fully saturated rings. The van der Waals surface area contributed by atoms with Gasteiger partial charge in [0.2, 0.25) is 5.91 Å². The molecule has 0 aliphatic carbocycles. The second kappa shape index (κ2) is 8.47. The van der Waals surface area contributed by atoms with Crippen LogP contribution in [0.2, 0.25) is 5.02 Å². The third-order valence-electron chi connectivity index (χ3n) is 2.73. The quantitative estimate of drug-likeness (QED) is 0.466. The van der Waals surface area contributed by atoms with E-state index in [4.69, 9.17) is 11.6 Å². The first-order valence-electron chi connectivity index (χ1n) is 6.95. The van der Waals surface area contributed by atoms with Crippen LogP contribution in [0.3, 0.4) is 0 Å². The summed E-state index contributed by atoms with van der Waals surface area (Å²) < 4.78 is 0. The number of carbonyl (C=O) groups is 2. The smallest absolute Gasteiger partial charge is 0.275 e. The minimum absolute atomic E-state index is 0.101. The van der Waals surface area contributed by atoms with E-state index in [1.165, 1.54) is 24.9 Å². The Labute approximate surface area is 148 Å². The normalized spacial score (nSPS) is 10.1. The van der Waals surface area contributed by atoms with E-state index in [0.29, 0.717) is 22.3 Å². The van der Waals surface area contributed by atoms with Gasteiger partial charge in [-0.2, -0.15) is 0 Å². The number of hydrogen-bond donors (Lipinski definition) is 2. The molecule has 0 radical (unpaired) electrons. The molecule has 2 amide bonds. The third kappa shape index (κ3) is 5.07. The molecule has 6 nitrogen and oxygen atoms in total. The molecule has 8 heteroatoms. The Hall–Kier alpha value is -2.38. The number of aromatic nitrogens is 2. The Kier molecular flexibility index (Phi) is 6.34. The van der Waals surface area contributed by atoms with Gasteiger partial charge >= 0.3 is 0 Å². The Balaban J connectivity index is 2.11. The first-order valence-corrected chi connectivity index (χ1v) is 8.31. The zero-order valence-electron chi connectivity index (χ0n) is 12.9. The molecule has 0 atom stereocenters. The van der Waals surface area contributed by atoms with E-state index in [0.717, 1.165) is 0 Å². The van der Waals surface area contributed by atoms with Crippen molar-refractivity contribution in [1.82, 2.24) is 9.97 Å². The first-order chi connectivity index (χ1) is 11.5. The van der Waals surface area contributed by atoms with Crippen LogP contribution in [0.25, 0.3) is 0 Å². The summed E-state index contributed by atoms with van der Waals surface area (Å²) in [6, 6.07) is 6.71. The summed E-state index contributed by atoms with van der Waals surface area (Å²) in [6.07, 6.45) is 3.12. The fraction of sp³-hybridized carbons (Fsp3) is 0.125. The van der Waals surface area contributed by atoms with E-state index < -0.39 is 5.91 Å². The summed E-state index contributed by atoms with van der Waals surface area (Å²) in [4.78, 5) is 31.5. The number of carbonyl (C=O) groups excluding carboxylic acids is 2. The van der Waals surface area contributed by atoms with Crippen LogP contribution in [-0.2, 0) is 4.79 Å². The van der Waals surface area contributed by atoms with Crippen LogP contribution in [0, 0.1) is 0 Å². The second-order valence-electron chi connectivity index (χ2n) is 4.66. The number of rotatable bonds is 6. The molecule has 1 aromatic carbocycles. The summed E-state index contributed by atoms with van der Waals surface area (Å²) in [5.41, 5.74) is 1.30. The van der Waals surface area contributed by atoms with Gasteiger partial charge in [-0.1, -0.05) is 29.4 Å². The highest BCUT2D eigenvalue weighted by atomic mass is 35.5. The van der Waals surface area contributed by atoms with E-state index in [2.05, 4.69) is 27.2 Å². The zero-order chi connectivity index (χ0) is 17.5. The summed E-state index contributed by atoms with van der Waals surface area (Å²) in [5.74, 6) is 0.0343. The highest BCUT2D eigenvalue weighted by Crippen LogP contribution is 2.20. The van der Waals surface area contributed by atoms with Crippen molar-refractivity contribution in [3.05, 3.63) is 53.8 Å². The monoisotopic (exact) mass is 362 g/mol. The van der Waals surface area contributed by atoms with E-state index in [1.807, 2.05) is 0 Å². The van der Waals surface area contributed by atoms with Crippen LogP contribution in [0.5, 0.6) is 0 Å². The van der Waals surface area contributed by atoms with Crippen LogP contribution in [-0.4, -0.2) is 27.5 Å². The fourth-order valence-electron chi connectivity index (χ4n) is 1.74. The SMILES string of the molecule is C=CCSc1ncc(Cl)c(C(=O)Nc2ccc(NC(C)=O)cc2)n1. The van der Waals surface area contributed by atoms with Gasteiger partial charge in [-0.15, -0.1) is 6.58 Å². The molecule has 1 heterocycles. The molecular formula is C16H15ClN4O2S. The molecular weight excluding hydrogens is 348 g/mol. The first kappa shape index (κ1) is 18.0. The number of anilines is 2. The predicted octanol–water partition coefficient (Wildman–Crippen LogP) is 3.62. The molecule has 0 aliphatic heterocycles. The van der Waals surface area contributed by atoms with Crippen molar-refractivity contribution < 1.29 is 9.59 Å². The van der Waals surface area contributed by atoms with E-state index in [-0.39, 0.29) is 16.6 Å². The number of amides is 2. The van der Waals surface area contributed by atoms with E-state index in [9.17, 15) is 9.59 Å². The molecule has 0 aliphatic rings. The lowest BCUT2D eigenvalue weighted by Crippen LogP contribution is -2.15. The van der Waals surface area contributed by atoms with Crippen molar-refractivity contribution in [1.29, 1.82) is 0 Å². The molecule has 0 spiro atoms. The van der Waals surface area contributed by atoms with Crippen LogP contribution in [0.1, 0.15) is 17.4 Å². The molecule has 0 bridgehead atoms. The molecule has 0 saturated heterocycles. The number of hydrogen-bond acceptors (Lipinski definition) is 5. The lowest BCUT2D eigenvalue weighted by molar-refractivity contribution is -0.114. The highest BCUT2D eigenvalue weighted by molar-refractivity contribution is 7.99. The molecule has 2 rings (SSSR count). The van der Waals surface area contributed by atoms with Crippen LogP contribution < -0.4 is 10.6 Å². The molecule has 2 aromatic rings. The lowest BCUT2D eigenvalue weighted by Gasteiger charge is -2.08. The summed E-state index contributed by atoms with van der Waals surface area (Å²) in [5, 5.41) is 5.98. The van der Waals surface area contributed by atoms with E-state index in [1.54, 1.807) is 30.3 Å². The molecule has 2 N–H and O–H groups in total. The van der Waals surface area contributed by atoms with Crippen molar-refractivity contribution in [3.63, 3.8) is 0 Å².